The number of thiazole rings is 1. The first-order chi connectivity index (χ1) is 9.98. The van der Waals surface area contributed by atoms with Crippen LogP contribution < -0.4 is 5.32 Å². The Hall–Kier alpha value is -1.24. The minimum atomic E-state index is -0.0128. The van der Waals surface area contributed by atoms with Gasteiger partial charge in [-0.15, -0.1) is 11.3 Å². The van der Waals surface area contributed by atoms with Crippen LogP contribution >= 0.6 is 11.3 Å². The number of rotatable bonds is 3. The highest BCUT2D eigenvalue weighted by Crippen LogP contribution is 2.33. The number of piperazine rings is 1. The van der Waals surface area contributed by atoms with Crippen molar-refractivity contribution < 1.29 is 0 Å². The van der Waals surface area contributed by atoms with E-state index in [1.165, 1.54) is 5.01 Å². The van der Waals surface area contributed by atoms with E-state index in [4.69, 9.17) is 4.98 Å². The third kappa shape index (κ3) is 2.75. The summed E-state index contributed by atoms with van der Waals surface area (Å²) in [4.78, 5) is 7.42. The predicted octanol–water partition coefficient (Wildman–Crippen LogP) is 1.99. The molecule has 5 nitrogen and oxygen atoms in total. The standard InChI is InChI=1S/C15H23N5S/c1-11-12(9-19(4)18-11)13-10-21-14(17-13)15(2,3)20-7-5-16-6-8-20/h9-10,16H,5-8H2,1-4H3. The molecule has 0 unspecified atom stereocenters. The lowest BCUT2D eigenvalue weighted by Gasteiger charge is -2.39. The van der Waals surface area contributed by atoms with E-state index < -0.39 is 0 Å². The second kappa shape index (κ2) is 5.51. The summed E-state index contributed by atoms with van der Waals surface area (Å²) in [7, 11) is 1.95. The van der Waals surface area contributed by atoms with Gasteiger partial charge in [0.1, 0.15) is 5.01 Å². The topological polar surface area (TPSA) is 46.0 Å². The van der Waals surface area contributed by atoms with Crippen molar-refractivity contribution >= 4 is 11.3 Å². The summed E-state index contributed by atoms with van der Waals surface area (Å²) in [6.07, 6.45) is 2.05. The molecule has 1 N–H and O–H groups in total. The fourth-order valence-corrected chi connectivity index (χ4v) is 3.86. The Morgan fingerprint density at radius 1 is 1.29 bits per heavy atom. The van der Waals surface area contributed by atoms with Crippen LogP contribution in [0.15, 0.2) is 11.6 Å². The van der Waals surface area contributed by atoms with E-state index in [0.717, 1.165) is 43.1 Å². The Kier molecular flexibility index (Phi) is 3.86. The smallest absolute Gasteiger partial charge is 0.113 e. The highest BCUT2D eigenvalue weighted by molar-refractivity contribution is 7.10. The molecule has 6 heteroatoms. The lowest BCUT2D eigenvalue weighted by molar-refractivity contribution is 0.102. The second-order valence-corrected chi connectivity index (χ2v) is 6.99. The molecule has 0 bridgehead atoms. The van der Waals surface area contributed by atoms with Gasteiger partial charge in [-0.25, -0.2) is 4.98 Å². The first-order valence-electron chi connectivity index (χ1n) is 7.41. The fourth-order valence-electron chi connectivity index (χ4n) is 2.89. The minimum Gasteiger partial charge on any atom is -0.314 e. The van der Waals surface area contributed by atoms with Crippen molar-refractivity contribution in [2.45, 2.75) is 26.3 Å². The number of aromatic nitrogens is 3. The van der Waals surface area contributed by atoms with Crippen LogP contribution in [0.1, 0.15) is 24.5 Å². The number of hydrogen-bond acceptors (Lipinski definition) is 5. The maximum Gasteiger partial charge on any atom is 0.113 e. The van der Waals surface area contributed by atoms with E-state index in [1.54, 1.807) is 11.3 Å². The zero-order valence-electron chi connectivity index (χ0n) is 13.2. The van der Waals surface area contributed by atoms with E-state index in [0.29, 0.717) is 0 Å². The Morgan fingerprint density at radius 3 is 2.62 bits per heavy atom. The molecule has 1 fully saturated rings. The largest absolute Gasteiger partial charge is 0.314 e. The lowest BCUT2D eigenvalue weighted by Crippen LogP contribution is -2.51. The normalized spacial score (nSPS) is 17.3. The van der Waals surface area contributed by atoms with Crippen LogP contribution in [-0.2, 0) is 12.6 Å². The first-order valence-corrected chi connectivity index (χ1v) is 8.29. The highest BCUT2D eigenvalue weighted by atomic mass is 32.1. The van der Waals surface area contributed by atoms with Crippen LogP contribution in [0.2, 0.25) is 0 Å². The van der Waals surface area contributed by atoms with Crippen LogP contribution in [-0.4, -0.2) is 45.8 Å². The SMILES string of the molecule is Cc1nn(C)cc1-c1csc(C(C)(C)N2CCNCC2)n1. The van der Waals surface area contributed by atoms with E-state index in [1.807, 2.05) is 24.9 Å². The minimum absolute atomic E-state index is 0.0128. The molecule has 3 rings (SSSR count). The molecular formula is C15H23N5S. The highest BCUT2D eigenvalue weighted by Gasteiger charge is 2.32. The van der Waals surface area contributed by atoms with Crippen molar-refractivity contribution in [3.63, 3.8) is 0 Å². The molecular weight excluding hydrogens is 282 g/mol. The Morgan fingerprint density at radius 2 is 2.00 bits per heavy atom. The monoisotopic (exact) mass is 305 g/mol. The number of aryl methyl sites for hydroxylation is 2. The van der Waals surface area contributed by atoms with Gasteiger partial charge in [0.2, 0.25) is 0 Å². The molecule has 3 heterocycles. The number of nitrogens with zero attached hydrogens (tertiary/aromatic N) is 4. The summed E-state index contributed by atoms with van der Waals surface area (Å²) in [5.74, 6) is 0. The van der Waals surface area contributed by atoms with Gasteiger partial charge in [-0.3, -0.25) is 9.58 Å². The maximum atomic E-state index is 4.90. The molecule has 21 heavy (non-hydrogen) atoms. The van der Waals surface area contributed by atoms with Crippen molar-refractivity contribution in [1.82, 2.24) is 25.0 Å². The average Bonchev–Trinajstić information content (AvgIpc) is 3.06. The zero-order valence-corrected chi connectivity index (χ0v) is 14.0. The van der Waals surface area contributed by atoms with Gasteiger partial charge < -0.3 is 5.32 Å². The van der Waals surface area contributed by atoms with Crippen molar-refractivity contribution in [3.8, 4) is 11.3 Å². The van der Waals surface area contributed by atoms with Crippen LogP contribution in [0.4, 0.5) is 0 Å². The molecule has 114 valence electrons. The molecule has 1 aliphatic heterocycles. The van der Waals surface area contributed by atoms with Crippen LogP contribution in [0.5, 0.6) is 0 Å². The molecule has 2 aromatic heterocycles. The predicted molar refractivity (Wildman–Crippen MR) is 86.5 cm³/mol. The van der Waals surface area contributed by atoms with Crippen LogP contribution in [0.25, 0.3) is 11.3 Å². The molecule has 0 aliphatic carbocycles. The zero-order chi connectivity index (χ0) is 15.0. The van der Waals surface area contributed by atoms with E-state index in [9.17, 15) is 0 Å². The van der Waals surface area contributed by atoms with Crippen molar-refractivity contribution in [2.75, 3.05) is 26.2 Å². The number of hydrogen-bond donors (Lipinski definition) is 1. The third-order valence-electron chi connectivity index (χ3n) is 4.22. The molecule has 0 spiro atoms. The molecule has 0 saturated carbocycles. The van der Waals surface area contributed by atoms with E-state index in [2.05, 4.69) is 34.5 Å². The fraction of sp³-hybridized carbons (Fsp3) is 0.600. The van der Waals surface area contributed by atoms with E-state index >= 15 is 0 Å². The van der Waals surface area contributed by atoms with Crippen LogP contribution in [0, 0.1) is 6.92 Å². The molecule has 1 aliphatic rings. The molecule has 0 aromatic carbocycles. The maximum absolute atomic E-state index is 4.90. The molecule has 0 radical (unpaired) electrons. The number of nitrogens with one attached hydrogen (secondary N) is 1. The van der Waals surface area contributed by atoms with Gasteiger partial charge in [0.15, 0.2) is 0 Å². The summed E-state index contributed by atoms with van der Waals surface area (Å²) < 4.78 is 1.85. The van der Waals surface area contributed by atoms with Gasteiger partial charge >= 0.3 is 0 Å². The summed E-state index contributed by atoms with van der Waals surface area (Å²) in [6, 6.07) is 0. The second-order valence-electron chi connectivity index (χ2n) is 6.14. The third-order valence-corrected chi connectivity index (χ3v) is 5.38. The van der Waals surface area contributed by atoms with Gasteiger partial charge in [-0.2, -0.15) is 5.10 Å². The Balaban J connectivity index is 1.88. The van der Waals surface area contributed by atoms with E-state index in [-0.39, 0.29) is 5.54 Å². The van der Waals surface area contributed by atoms with Gasteiger partial charge in [-0.05, 0) is 20.8 Å². The molecule has 0 amide bonds. The Bertz CT molecular complexity index is 622. The first kappa shape index (κ1) is 14.7. The Labute approximate surface area is 130 Å². The van der Waals surface area contributed by atoms with Gasteiger partial charge in [0.25, 0.3) is 0 Å². The van der Waals surface area contributed by atoms with Gasteiger partial charge in [-0.1, -0.05) is 0 Å². The van der Waals surface area contributed by atoms with Gasteiger partial charge in [0.05, 0.1) is 16.9 Å². The molecule has 0 atom stereocenters. The average molecular weight is 305 g/mol. The molecule has 2 aromatic rings. The summed E-state index contributed by atoms with van der Waals surface area (Å²) in [6.45, 7) is 10.9. The van der Waals surface area contributed by atoms with Gasteiger partial charge in [0, 0.05) is 50.4 Å². The lowest BCUT2D eigenvalue weighted by atomic mass is 10.0. The molecule has 1 saturated heterocycles. The van der Waals surface area contributed by atoms with Crippen molar-refractivity contribution in [2.24, 2.45) is 7.05 Å². The van der Waals surface area contributed by atoms with Crippen molar-refractivity contribution in [1.29, 1.82) is 0 Å². The van der Waals surface area contributed by atoms with Crippen molar-refractivity contribution in [3.05, 3.63) is 22.3 Å². The summed E-state index contributed by atoms with van der Waals surface area (Å²) in [5.41, 5.74) is 3.20. The quantitative estimate of drug-likeness (QED) is 0.942. The van der Waals surface area contributed by atoms with Crippen LogP contribution in [0.3, 0.4) is 0 Å². The summed E-state index contributed by atoms with van der Waals surface area (Å²) in [5, 5.41) is 11.2. The summed E-state index contributed by atoms with van der Waals surface area (Å²) >= 11 is 1.75.